The number of rotatable bonds is 7. The quantitative estimate of drug-likeness (QED) is 0.447. The van der Waals surface area contributed by atoms with Gasteiger partial charge in [0.15, 0.2) is 0 Å². The summed E-state index contributed by atoms with van der Waals surface area (Å²) in [5.74, 6) is 0.389. The normalized spacial score (nSPS) is 12.1. The lowest BCUT2D eigenvalue weighted by molar-refractivity contribution is -0.144. The molecule has 1 aromatic rings. The van der Waals surface area contributed by atoms with E-state index in [1.54, 1.807) is 13.1 Å². The fourth-order valence-corrected chi connectivity index (χ4v) is 2.10. The van der Waals surface area contributed by atoms with Gasteiger partial charge in [-0.1, -0.05) is 6.92 Å². The number of ether oxygens (including phenoxy) is 1. The Morgan fingerprint density at radius 1 is 1.59 bits per heavy atom. The largest absolute Gasteiger partial charge is 0.465 e. The van der Waals surface area contributed by atoms with Crippen molar-refractivity contribution < 1.29 is 9.53 Å². The average Bonchev–Trinajstić information content (AvgIpc) is 2.36. The van der Waals surface area contributed by atoms with Crippen LogP contribution >= 0.6 is 11.8 Å². The molecule has 1 aromatic heterocycles. The molecule has 17 heavy (non-hydrogen) atoms. The fraction of sp³-hybridized carbons (Fsp3) is 0.545. The Morgan fingerprint density at radius 3 is 3.00 bits per heavy atom. The van der Waals surface area contributed by atoms with E-state index in [9.17, 15) is 4.79 Å². The molecule has 0 amide bonds. The predicted molar refractivity (Wildman–Crippen MR) is 66.9 cm³/mol. The summed E-state index contributed by atoms with van der Waals surface area (Å²) in [5.41, 5.74) is 0. The number of hydrogen-bond donors (Lipinski definition) is 1. The zero-order chi connectivity index (χ0) is 12.5. The number of aromatic nitrogens is 2. The lowest BCUT2D eigenvalue weighted by atomic mass is 10.3. The highest BCUT2D eigenvalue weighted by Gasteiger charge is 2.18. The minimum absolute atomic E-state index is 0.212. The zero-order valence-corrected chi connectivity index (χ0v) is 10.9. The van der Waals surface area contributed by atoms with Crippen molar-refractivity contribution in [2.24, 2.45) is 0 Å². The van der Waals surface area contributed by atoms with E-state index in [2.05, 4.69) is 15.3 Å². The molecule has 0 aliphatic heterocycles. The lowest BCUT2D eigenvalue weighted by Crippen LogP contribution is -2.40. The maximum Gasteiger partial charge on any atom is 0.323 e. The number of esters is 1. The van der Waals surface area contributed by atoms with Crippen LogP contribution in [0.25, 0.3) is 0 Å². The minimum Gasteiger partial charge on any atom is -0.465 e. The average molecular weight is 255 g/mol. The second-order valence-electron chi connectivity index (χ2n) is 3.22. The van der Waals surface area contributed by atoms with E-state index >= 15 is 0 Å². The summed E-state index contributed by atoms with van der Waals surface area (Å²) in [6, 6.07) is 1.53. The van der Waals surface area contributed by atoms with E-state index < -0.39 is 0 Å². The molecular weight excluding hydrogens is 238 g/mol. The Balaban J connectivity index is 2.47. The van der Waals surface area contributed by atoms with Crippen LogP contribution < -0.4 is 5.32 Å². The van der Waals surface area contributed by atoms with Crippen LogP contribution in [0.15, 0.2) is 23.6 Å². The molecule has 1 unspecified atom stereocenters. The van der Waals surface area contributed by atoms with Gasteiger partial charge in [-0.2, -0.15) is 0 Å². The fourth-order valence-electron chi connectivity index (χ4n) is 1.23. The summed E-state index contributed by atoms with van der Waals surface area (Å²) in [6.45, 7) is 4.90. The van der Waals surface area contributed by atoms with Crippen molar-refractivity contribution in [1.82, 2.24) is 15.3 Å². The molecule has 6 heteroatoms. The van der Waals surface area contributed by atoms with Gasteiger partial charge >= 0.3 is 5.97 Å². The van der Waals surface area contributed by atoms with Crippen molar-refractivity contribution in [2.45, 2.75) is 24.9 Å². The second kappa shape index (κ2) is 8.03. The number of hydrogen-bond acceptors (Lipinski definition) is 6. The van der Waals surface area contributed by atoms with Gasteiger partial charge in [-0.15, -0.1) is 11.8 Å². The second-order valence-corrected chi connectivity index (χ2v) is 4.26. The highest BCUT2D eigenvalue weighted by atomic mass is 32.2. The van der Waals surface area contributed by atoms with Gasteiger partial charge in [0.1, 0.15) is 12.4 Å². The molecule has 1 heterocycles. The number of nitrogens with one attached hydrogen (secondary N) is 1. The van der Waals surface area contributed by atoms with E-state index in [-0.39, 0.29) is 12.0 Å². The zero-order valence-electron chi connectivity index (χ0n) is 10.0. The van der Waals surface area contributed by atoms with E-state index in [4.69, 9.17) is 4.74 Å². The van der Waals surface area contributed by atoms with E-state index in [0.29, 0.717) is 12.4 Å². The van der Waals surface area contributed by atoms with Crippen LogP contribution in [0.4, 0.5) is 0 Å². The molecule has 1 rings (SSSR count). The van der Waals surface area contributed by atoms with Crippen molar-refractivity contribution in [3.63, 3.8) is 0 Å². The Bertz CT molecular complexity index is 335. The molecule has 0 bridgehead atoms. The highest BCUT2D eigenvalue weighted by molar-refractivity contribution is 7.99. The van der Waals surface area contributed by atoms with Gasteiger partial charge < -0.3 is 10.1 Å². The first-order valence-electron chi connectivity index (χ1n) is 5.56. The van der Waals surface area contributed by atoms with Gasteiger partial charge in [0, 0.05) is 11.9 Å². The molecule has 1 atom stereocenters. The topological polar surface area (TPSA) is 64.1 Å². The molecule has 0 radical (unpaired) electrons. The third-order valence-corrected chi connectivity index (χ3v) is 3.01. The Labute approximate surface area is 105 Å². The highest BCUT2D eigenvalue weighted by Crippen LogP contribution is 2.15. The summed E-state index contributed by atoms with van der Waals surface area (Å²) in [4.78, 5) is 19.6. The molecule has 0 spiro atoms. The van der Waals surface area contributed by atoms with Crippen molar-refractivity contribution in [3.8, 4) is 0 Å². The lowest BCUT2D eigenvalue weighted by Gasteiger charge is -2.15. The van der Waals surface area contributed by atoms with Gasteiger partial charge in [0.25, 0.3) is 0 Å². The molecule has 94 valence electrons. The van der Waals surface area contributed by atoms with Gasteiger partial charge in [0.05, 0.1) is 11.6 Å². The van der Waals surface area contributed by atoms with Gasteiger partial charge in [-0.3, -0.25) is 4.79 Å². The summed E-state index contributed by atoms with van der Waals surface area (Å²) < 4.78 is 5.00. The first kappa shape index (κ1) is 13.9. The monoisotopic (exact) mass is 255 g/mol. The molecule has 5 nitrogen and oxygen atoms in total. The van der Waals surface area contributed by atoms with Crippen LogP contribution in [-0.4, -0.2) is 40.9 Å². The molecule has 1 N–H and O–H groups in total. The third kappa shape index (κ3) is 5.14. The van der Waals surface area contributed by atoms with Crippen molar-refractivity contribution in [2.75, 3.05) is 18.9 Å². The molecule has 0 saturated carbocycles. The summed E-state index contributed by atoms with van der Waals surface area (Å²) in [5, 5.41) is 3.95. The van der Waals surface area contributed by atoms with Crippen LogP contribution in [0.3, 0.4) is 0 Å². The minimum atomic E-state index is -0.292. The number of thioether (sulfide) groups is 1. The summed E-state index contributed by atoms with van der Waals surface area (Å²) in [6.07, 6.45) is 3.18. The van der Waals surface area contributed by atoms with Crippen molar-refractivity contribution in [1.29, 1.82) is 0 Å². The molecular formula is C11H17N3O2S. The number of carbonyl (C=O) groups excluding carboxylic acids is 1. The molecule has 0 aromatic carbocycles. The van der Waals surface area contributed by atoms with Crippen LogP contribution in [0.5, 0.6) is 0 Å². The van der Waals surface area contributed by atoms with Gasteiger partial charge in [0.2, 0.25) is 0 Å². The van der Waals surface area contributed by atoms with Crippen LogP contribution in [0, 0.1) is 0 Å². The molecule has 0 aliphatic carbocycles. The van der Waals surface area contributed by atoms with Crippen LogP contribution in [-0.2, 0) is 9.53 Å². The SMILES string of the molecule is CCNC(CSc1ccncn1)C(=O)OCC. The predicted octanol–water partition coefficient (Wildman–Crippen LogP) is 1.11. The van der Waals surface area contributed by atoms with E-state index in [1.807, 2.05) is 13.0 Å². The first-order valence-corrected chi connectivity index (χ1v) is 6.55. The van der Waals surface area contributed by atoms with Crippen molar-refractivity contribution >= 4 is 17.7 Å². The van der Waals surface area contributed by atoms with Gasteiger partial charge in [-0.25, -0.2) is 9.97 Å². The number of likely N-dealkylation sites (N-methyl/N-ethyl adjacent to an activating group) is 1. The Hall–Kier alpha value is -1.14. The van der Waals surface area contributed by atoms with Crippen molar-refractivity contribution in [3.05, 3.63) is 18.6 Å². The molecule has 0 fully saturated rings. The number of carbonyl (C=O) groups is 1. The smallest absolute Gasteiger partial charge is 0.323 e. The van der Waals surface area contributed by atoms with Crippen LogP contribution in [0.1, 0.15) is 13.8 Å². The summed E-state index contributed by atoms with van der Waals surface area (Å²) >= 11 is 1.51. The van der Waals surface area contributed by atoms with Gasteiger partial charge in [-0.05, 0) is 19.5 Å². The Kier molecular flexibility index (Phi) is 6.57. The standard InChI is InChI=1S/C11H17N3O2S/c1-3-13-9(11(15)16-4-2)7-17-10-5-6-12-8-14-10/h5-6,8-9,13H,3-4,7H2,1-2H3. The van der Waals surface area contributed by atoms with Crippen LogP contribution in [0.2, 0.25) is 0 Å². The third-order valence-electron chi connectivity index (χ3n) is 1.97. The maximum atomic E-state index is 11.6. The number of nitrogens with zero attached hydrogens (tertiary/aromatic N) is 2. The van der Waals surface area contributed by atoms with E-state index in [0.717, 1.165) is 11.6 Å². The summed E-state index contributed by atoms with van der Waals surface area (Å²) in [7, 11) is 0. The Morgan fingerprint density at radius 2 is 2.41 bits per heavy atom. The van der Waals surface area contributed by atoms with E-state index in [1.165, 1.54) is 18.1 Å². The first-order chi connectivity index (χ1) is 8.27. The molecule has 0 saturated heterocycles. The molecule has 0 aliphatic rings. The maximum absolute atomic E-state index is 11.6.